The third-order valence-electron chi connectivity index (χ3n) is 3.47. The van der Waals surface area contributed by atoms with Gasteiger partial charge in [-0.1, -0.05) is 6.92 Å². The molecule has 3 heteroatoms. The van der Waals surface area contributed by atoms with E-state index < -0.39 is 0 Å². The van der Waals surface area contributed by atoms with Crippen molar-refractivity contribution >= 4 is 11.5 Å². The number of hydrogen-bond acceptors (Lipinski definition) is 2. The van der Waals surface area contributed by atoms with Gasteiger partial charge in [0.15, 0.2) is 5.78 Å². The van der Waals surface area contributed by atoms with Gasteiger partial charge in [0.05, 0.1) is 0 Å². The predicted octanol–water partition coefficient (Wildman–Crippen LogP) is 3.65. The summed E-state index contributed by atoms with van der Waals surface area (Å²) in [4.78, 5) is 13.6. The Morgan fingerprint density at radius 2 is 2.00 bits per heavy atom. The number of carbonyl (C=O) groups excluding carboxylic acids is 1. The molecule has 0 fully saturated rings. The van der Waals surface area contributed by atoms with Crippen LogP contribution in [0.25, 0.3) is 0 Å². The molecule has 94 valence electrons. The van der Waals surface area contributed by atoms with E-state index in [-0.39, 0.29) is 17.1 Å². The van der Waals surface area contributed by atoms with E-state index in [1.54, 1.807) is 6.07 Å². The summed E-state index contributed by atoms with van der Waals surface area (Å²) in [6, 6.07) is 4.37. The van der Waals surface area contributed by atoms with Crippen molar-refractivity contribution in [3.63, 3.8) is 0 Å². The molecule has 1 aromatic rings. The monoisotopic (exact) mass is 237 g/mol. The second-order valence-corrected chi connectivity index (χ2v) is 4.94. The van der Waals surface area contributed by atoms with Gasteiger partial charge in [-0.05, 0) is 45.4 Å². The first kappa shape index (κ1) is 13.7. The molecule has 1 rings (SSSR count). The third-order valence-corrected chi connectivity index (χ3v) is 3.47. The van der Waals surface area contributed by atoms with Crippen LogP contribution >= 0.6 is 0 Å². The summed E-state index contributed by atoms with van der Waals surface area (Å²) >= 11 is 0. The highest BCUT2D eigenvalue weighted by Gasteiger charge is 2.24. The highest BCUT2D eigenvalue weighted by atomic mass is 19.1. The first-order valence-corrected chi connectivity index (χ1v) is 5.84. The molecule has 0 spiro atoms. The Hall–Kier alpha value is -1.38. The summed E-state index contributed by atoms with van der Waals surface area (Å²) in [5, 5.41) is 0. The topological polar surface area (TPSA) is 20.3 Å². The van der Waals surface area contributed by atoms with Crippen molar-refractivity contribution in [2.45, 2.75) is 39.7 Å². The van der Waals surface area contributed by atoms with Gasteiger partial charge in [0.2, 0.25) is 0 Å². The van der Waals surface area contributed by atoms with Crippen molar-refractivity contribution in [3.8, 4) is 0 Å². The van der Waals surface area contributed by atoms with Gasteiger partial charge < -0.3 is 4.90 Å². The first-order chi connectivity index (χ1) is 7.79. The molecule has 0 aliphatic rings. The minimum absolute atomic E-state index is 0.0674. The number of Topliss-reactive ketones (excluding diaryl/α,β-unsaturated/α-hetero) is 1. The second-order valence-electron chi connectivity index (χ2n) is 4.94. The number of nitrogens with zero attached hydrogens (tertiary/aromatic N) is 1. The van der Waals surface area contributed by atoms with E-state index in [4.69, 9.17) is 0 Å². The van der Waals surface area contributed by atoms with Gasteiger partial charge >= 0.3 is 0 Å². The van der Waals surface area contributed by atoms with Gasteiger partial charge in [0, 0.05) is 23.8 Å². The Labute approximate surface area is 102 Å². The molecule has 2 nitrogen and oxygen atoms in total. The van der Waals surface area contributed by atoms with Gasteiger partial charge in [-0.3, -0.25) is 4.79 Å². The summed E-state index contributed by atoms with van der Waals surface area (Å²) in [5.41, 5.74) is 1.15. The summed E-state index contributed by atoms with van der Waals surface area (Å²) in [7, 11) is 1.93. The SMILES string of the molecule is CCC(C)(C)N(C)c1ccc(F)cc1C(C)=O. The summed E-state index contributed by atoms with van der Waals surface area (Å²) < 4.78 is 13.2. The van der Waals surface area contributed by atoms with Gasteiger partial charge in [-0.15, -0.1) is 0 Å². The number of halogens is 1. The van der Waals surface area contributed by atoms with Gasteiger partial charge in [-0.2, -0.15) is 0 Å². The standard InChI is InChI=1S/C14H20FNO/c1-6-14(3,4)16(5)13-8-7-11(15)9-12(13)10(2)17/h7-9H,6H2,1-5H3. The smallest absolute Gasteiger partial charge is 0.161 e. The molecule has 0 aliphatic carbocycles. The molecular weight excluding hydrogens is 217 g/mol. The number of ketones is 1. The quantitative estimate of drug-likeness (QED) is 0.745. The zero-order valence-electron chi connectivity index (χ0n) is 11.2. The Bertz CT molecular complexity index is 426. The Kier molecular flexibility index (Phi) is 3.91. The number of carbonyl (C=O) groups is 1. The van der Waals surface area contributed by atoms with E-state index in [2.05, 4.69) is 20.8 Å². The van der Waals surface area contributed by atoms with E-state index in [1.807, 2.05) is 11.9 Å². The molecular formula is C14H20FNO. The minimum atomic E-state index is -0.373. The lowest BCUT2D eigenvalue weighted by Crippen LogP contribution is -2.41. The molecule has 0 aromatic heterocycles. The molecule has 0 N–H and O–H groups in total. The Balaban J connectivity index is 3.26. The average molecular weight is 237 g/mol. The fraction of sp³-hybridized carbons (Fsp3) is 0.500. The molecule has 0 atom stereocenters. The third kappa shape index (κ3) is 2.84. The molecule has 0 bridgehead atoms. The lowest BCUT2D eigenvalue weighted by Gasteiger charge is -2.37. The van der Waals surface area contributed by atoms with Crippen LogP contribution in [0.15, 0.2) is 18.2 Å². The maximum atomic E-state index is 13.2. The van der Waals surface area contributed by atoms with Crippen molar-refractivity contribution < 1.29 is 9.18 Å². The fourth-order valence-electron chi connectivity index (χ4n) is 1.65. The number of rotatable bonds is 4. The van der Waals surface area contributed by atoms with Crippen molar-refractivity contribution in [1.82, 2.24) is 0 Å². The zero-order chi connectivity index (χ0) is 13.2. The number of benzene rings is 1. The molecule has 0 radical (unpaired) electrons. The van der Waals surface area contributed by atoms with Crippen molar-refractivity contribution in [2.24, 2.45) is 0 Å². The van der Waals surface area contributed by atoms with E-state index in [9.17, 15) is 9.18 Å². The number of anilines is 1. The van der Waals surface area contributed by atoms with Crippen LogP contribution in [0.4, 0.5) is 10.1 Å². The van der Waals surface area contributed by atoms with E-state index in [0.29, 0.717) is 5.56 Å². The molecule has 17 heavy (non-hydrogen) atoms. The second kappa shape index (κ2) is 4.86. The summed E-state index contributed by atoms with van der Waals surface area (Å²) in [5.74, 6) is -0.486. The van der Waals surface area contributed by atoms with Gasteiger partial charge in [-0.25, -0.2) is 4.39 Å². The van der Waals surface area contributed by atoms with Crippen molar-refractivity contribution in [2.75, 3.05) is 11.9 Å². The lowest BCUT2D eigenvalue weighted by molar-refractivity contribution is 0.101. The molecule has 0 heterocycles. The first-order valence-electron chi connectivity index (χ1n) is 5.84. The largest absolute Gasteiger partial charge is 0.369 e. The Morgan fingerprint density at radius 3 is 2.47 bits per heavy atom. The highest BCUT2D eigenvalue weighted by molar-refractivity contribution is 5.99. The van der Waals surface area contributed by atoms with Gasteiger partial charge in [0.25, 0.3) is 0 Å². The Morgan fingerprint density at radius 1 is 1.41 bits per heavy atom. The van der Waals surface area contributed by atoms with Crippen molar-refractivity contribution in [3.05, 3.63) is 29.6 Å². The van der Waals surface area contributed by atoms with Gasteiger partial charge in [0.1, 0.15) is 5.82 Å². The molecule has 0 saturated carbocycles. The van der Waals surface area contributed by atoms with Crippen LogP contribution in [-0.4, -0.2) is 18.4 Å². The zero-order valence-corrected chi connectivity index (χ0v) is 11.2. The molecule has 0 amide bonds. The minimum Gasteiger partial charge on any atom is -0.369 e. The van der Waals surface area contributed by atoms with Crippen LogP contribution in [0, 0.1) is 5.82 Å². The fourth-order valence-corrected chi connectivity index (χ4v) is 1.65. The van der Waals surface area contributed by atoms with Crippen LogP contribution < -0.4 is 4.90 Å². The lowest BCUT2D eigenvalue weighted by atomic mass is 9.97. The van der Waals surface area contributed by atoms with Crippen LogP contribution in [0.5, 0.6) is 0 Å². The highest BCUT2D eigenvalue weighted by Crippen LogP contribution is 2.28. The van der Waals surface area contributed by atoms with Crippen molar-refractivity contribution in [1.29, 1.82) is 0 Å². The number of hydrogen-bond donors (Lipinski definition) is 0. The molecule has 0 aliphatic heterocycles. The maximum Gasteiger partial charge on any atom is 0.161 e. The average Bonchev–Trinajstić information content (AvgIpc) is 2.28. The maximum absolute atomic E-state index is 13.2. The molecule has 0 unspecified atom stereocenters. The summed E-state index contributed by atoms with van der Waals surface area (Å²) in [6.07, 6.45) is 0.943. The molecule has 0 saturated heterocycles. The van der Waals surface area contributed by atoms with Crippen LogP contribution in [-0.2, 0) is 0 Å². The predicted molar refractivity (Wildman–Crippen MR) is 69.2 cm³/mol. The van der Waals surface area contributed by atoms with E-state index >= 15 is 0 Å². The molecule has 1 aromatic carbocycles. The normalized spacial score (nSPS) is 11.4. The summed E-state index contributed by atoms with van der Waals surface area (Å²) in [6.45, 7) is 7.75. The van der Waals surface area contributed by atoms with Crippen LogP contribution in [0.2, 0.25) is 0 Å². The van der Waals surface area contributed by atoms with E-state index in [0.717, 1.165) is 12.1 Å². The van der Waals surface area contributed by atoms with E-state index in [1.165, 1.54) is 19.1 Å². The van der Waals surface area contributed by atoms with Crippen LogP contribution in [0.3, 0.4) is 0 Å². The van der Waals surface area contributed by atoms with Crippen LogP contribution in [0.1, 0.15) is 44.5 Å².